The summed E-state index contributed by atoms with van der Waals surface area (Å²) in [7, 11) is 0. The van der Waals surface area contributed by atoms with Gasteiger partial charge in [-0.1, -0.05) is 6.07 Å². The van der Waals surface area contributed by atoms with Crippen molar-refractivity contribution < 1.29 is 13.3 Å². The summed E-state index contributed by atoms with van der Waals surface area (Å²) in [4.78, 5) is 6.38. The third kappa shape index (κ3) is 2.86. The maximum Gasteiger partial charge on any atom is 0.280 e. The van der Waals surface area contributed by atoms with Crippen molar-refractivity contribution in [2.24, 2.45) is 0 Å². The van der Waals surface area contributed by atoms with Crippen LogP contribution in [0.2, 0.25) is 0 Å². The van der Waals surface area contributed by atoms with Crippen LogP contribution in [0.25, 0.3) is 17.3 Å². The monoisotopic (exact) mass is 346 g/mol. The zero-order valence-corrected chi connectivity index (χ0v) is 13.5. The molecule has 0 spiro atoms. The Kier molecular flexibility index (Phi) is 3.92. The highest BCUT2D eigenvalue weighted by Crippen LogP contribution is 2.25. The van der Waals surface area contributed by atoms with E-state index in [9.17, 15) is 8.78 Å². The minimum atomic E-state index is -0.693. The van der Waals surface area contributed by atoms with Crippen molar-refractivity contribution >= 4 is 5.95 Å². The van der Waals surface area contributed by atoms with E-state index >= 15 is 0 Å². The SMILES string of the molecule is Cc1cn(-c2c(F)cccc2F)nc1-c1nc(N2CCNCC2)no1. The second-order valence-corrected chi connectivity index (χ2v) is 5.81. The van der Waals surface area contributed by atoms with Gasteiger partial charge in [-0.25, -0.2) is 13.5 Å². The highest BCUT2D eigenvalue weighted by Gasteiger charge is 2.21. The van der Waals surface area contributed by atoms with E-state index in [1.165, 1.54) is 24.4 Å². The number of rotatable bonds is 3. The standard InChI is InChI=1S/C16H16F2N6O/c1-10-9-24(14-11(17)3-2-4-12(14)18)21-13(10)15-20-16(22-25-15)23-7-5-19-6-8-23/h2-4,9,19H,5-8H2,1H3. The minimum absolute atomic E-state index is 0.224. The van der Waals surface area contributed by atoms with Gasteiger partial charge in [0.15, 0.2) is 17.3 Å². The fourth-order valence-electron chi connectivity index (χ4n) is 2.80. The van der Waals surface area contributed by atoms with E-state index in [4.69, 9.17) is 4.52 Å². The van der Waals surface area contributed by atoms with Gasteiger partial charge >= 0.3 is 0 Å². The number of para-hydroxylation sites is 1. The maximum absolute atomic E-state index is 14.0. The Morgan fingerprint density at radius 1 is 1.16 bits per heavy atom. The smallest absolute Gasteiger partial charge is 0.280 e. The molecule has 1 aliphatic rings. The molecular weight excluding hydrogens is 330 g/mol. The summed E-state index contributed by atoms with van der Waals surface area (Å²) in [6.07, 6.45) is 1.53. The number of halogens is 2. The minimum Gasteiger partial charge on any atom is -0.336 e. The molecule has 1 N–H and O–H groups in total. The molecule has 0 atom stereocenters. The summed E-state index contributed by atoms with van der Waals surface area (Å²) in [6, 6.07) is 3.68. The van der Waals surface area contributed by atoms with Gasteiger partial charge in [0.1, 0.15) is 5.69 Å². The molecule has 4 rings (SSSR count). The summed E-state index contributed by atoms with van der Waals surface area (Å²) < 4.78 is 34.4. The van der Waals surface area contributed by atoms with E-state index in [0.717, 1.165) is 30.9 Å². The Hall–Kier alpha value is -2.81. The molecule has 0 unspecified atom stereocenters. The molecule has 0 bridgehead atoms. The third-order valence-corrected chi connectivity index (χ3v) is 4.08. The molecule has 9 heteroatoms. The van der Waals surface area contributed by atoms with Gasteiger partial charge in [0.25, 0.3) is 11.8 Å². The Labute approximate surface area is 142 Å². The molecular formula is C16H16F2N6O. The summed E-state index contributed by atoms with van der Waals surface area (Å²) >= 11 is 0. The van der Waals surface area contributed by atoms with Crippen LogP contribution in [0, 0.1) is 18.6 Å². The lowest BCUT2D eigenvalue weighted by molar-refractivity contribution is 0.425. The molecule has 0 radical (unpaired) electrons. The van der Waals surface area contributed by atoms with E-state index < -0.39 is 11.6 Å². The molecule has 3 aromatic rings. The van der Waals surface area contributed by atoms with E-state index in [1.807, 2.05) is 4.90 Å². The van der Waals surface area contributed by atoms with Crippen LogP contribution in [-0.4, -0.2) is 46.1 Å². The second kappa shape index (κ2) is 6.25. The quantitative estimate of drug-likeness (QED) is 0.781. The molecule has 25 heavy (non-hydrogen) atoms. The van der Waals surface area contributed by atoms with Gasteiger partial charge < -0.3 is 14.7 Å². The van der Waals surface area contributed by atoms with Crippen molar-refractivity contribution in [3.8, 4) is 17.3 Å². The Morgan fingerprint density at radius 2 is 1.88 bits per heavy atom. The normalized spacial score (nSPS) is 14.9. The van der Waals surface area contributed by atoms with E-state index in [0.29, 0.717) is 17.2 Å². The zero-order chi connectivity index (χ0) is 17.4. The van der Waals surface area contributed by atoms with Crippen LogP contribution < -0.4 is 10.2 Å². The van der Waals surface area contributed by atoms with Gasteiger partial charge in [0, 0.05) is 37.9 Å². The van der Waals surface area contributed by atoms with E-state index in [2.05, 4.69) is 20.6 Å². The van der Waals surface area contributed by atoms with Gasteiger partial charge in [0.05, 0.1) is 0 Å². The average Bonchev–Trinajstić information content (AvgIpc) is 3.22. The Morgan fingerprint density at radius 3 is 2.60 bits per heavy atom. The van der Waals surface area contributed by atoms with Crippen LogP contribution in [0.15, 0.2) is 28.9 Å². The molecule has 7 nitrogen and oxygen atoms in total. The van der Waals surface area contributed by atoms with Crippen LogP contribution in [0.4, 0.5) is 14.7 Å². The number of hydrogen-bond acceptors (Lipinski definition) is 6. The van der Waals surface area contributed by atoms with Crippen LogP contribution >= 0.6 is 0 Å². The lowest BCUT2D eigenvalue weighted by Crippen LogP contribution is -2.44. The largest absolute Gasteiger partial charge is 0.336 e. The molecule has 1 aromatic carbocycles. The van der Waals surface area contributed by atoms with Crippen molar-refractivity contribution in [3.63, 3.8) is 0 Å². The number of benzene rings is 1. The molecule has 1 aliphatic heterocycles. The van der Waals surface area contributed by atoms with Crippen LogP contribution in [0.5, 0.6) is 0 Å². The number of hydrogen-bond donors (Lipinski definition) is 1. The summed E-state index contributed by atoms with van der Waals surface area (Å²) in [5, 5.41) is 11.5. The molecule has 130 valence electrons. The summed E-state index contributed by atoms with van der Waals surface area (Å²) in [6.45, 7) is 5.04. The van der Waals surface area contributed by atoms with Crippen LogP contribution in [-0.2, 0) is 0 Å². The summed E-state index contributed by atoms with van der Waals surface area (Å²) in [5.74, 6) is -0.675. The summed E-state index contributed by atoms with van der Waals surface area (Å²) in [5.41, 5.74) is 0.841. The van der Waals surface area contributed by atoms with Crippen molar-refractivity contribution in [2.45, 2.75) is 6.92 Å². The van der Waals surface area contributed by atoms with Gasteiger partial charge in [-0.2, -0.15) is 10.1 Å². The molecule has 0 amide bonds. The van der Waals surface area contributed by atoms with Crippen molar-refractivity contribution in [2.75, 3.05) is 31.1 Å². The fraction of sp³-hybridized carbons (Fsp3) is 0.312. The number of nitrogens with zero attached hydrogens (tertiary/aromatic N) is 5. The number of piperazine rings is 1. The first-order valence-electron chi connectivity index (χ1n) is 7.94. The maximum atomic E-state index is 14.0. The molecule has 2 aromatic heterocycles. The highest BCUT2D eigenvalue weighted by molar-refractivity contribution is 5.54. The lowest BCUT2D eigenvalue weighted by Gasteiger charge is -2.25. The topological polar surface area (TPSA) is 72.0 Å². The molecule has 1 fully saturated rings. The molecule has 1 saturated heterocycles. The number of aryl methyl sites for hydroxylation is 1. The van der Waals surface area contributed by atoms with Gasteiger partial charge in [-0.05, 0) is 24.2 Å². The number of aromatic nitrogens is 4. The van der Waals surface area contributed by atoms with E-state index in [-0.39, 0.29) is 11.6 Å². The first-order valence-corrected chi connectivity index (χ1v) is 7.94. The number of anilines is 1. The van der Waals surface area contributed by atoms with Crippen LogP contribution in [0.1, 0.15) is 5.56 Å². The Bertz CT molecular complexity index is 880. The average molecular weight is 346 g/mol. The van der Waals surface area contributed by atoms with Crippen molar-refractivity contribution in [3.05, 3.63) is 41.6 Å². The zero-order valence-electron chi connectivity index (χ0n) is 13.5. The lowest BCUT2D eigenvalue weighted by atomic mass is 10.3. The predicted octanol–water partition coefficient (Wildman–Crippen LogP) is 1.92. The third-order valence-electron chi connectivity index (χ3n) is 4.08. The Balaban J connectivity index is 1.68. The van der Waals surface area contributed by atoms with Crippen LogP contribution in [0.3, 0.4) is 0 Å². The predicted molar refractivity (Wildman–Crippen MR) is 86.6 cm³/mol. The van der Waals surface area contributed by atoms with Gasteiger partial charge in [-0.15, -0.1) is 0 Å². The molecule has 0 saturated carbocycles. The van der Waals surface area contributed by atoms with Crippen molar-refractivity contribution in [1.29, 1.82) is 0 Å². The van der Waals surface area contributed by atoms with E-state index in [1.54, 1.807) is 6.92 Å². The number of nitrogens with one attached hydrogen (secondary N) is 1. The first kappa shape index (κ1) is 15.7. The molecule has 0 aliphatic carbocycles. The highest BCUT2D eigenvalue weighted by atomic mass is 19.1. The first-order chi connectivity index (χ1) is 12.1. The fourth-order valence-corrected chi connectivity index (χ4v) is 2.80. The van der Waals surface area contributed by atoms with Gasteiger partial charge in [0.2, 0.25) is 0 Å². The second-order valence-electron chi connectivity index (χ2n) is 5.81. The van der Waals surface area contributed by atoms with Crippen molar-refractivity contribution in [1.82, 2.24) is 25.2 Å². The molecule has 3 heterocycles. The van der Waals surface area contributed by atoms with Gasteiger partial charge in [-0.3, -0.25) is 0 Å².